The normalized spacial score (nSPS) is 10.2. The van der Waals surface area contributed by atoms with E-state index in [1.807, 2.05) is 30.3 Å². The number of pyridine rings is 1. The summed E-state index contributed by atoms with van der Waals surface area (Å²) in [6.45, 7) is 0.385. The lowest BCUT2D eigenvalue weighted by molar-refractivity contribution is -0.402. The fourth-order valence-electron chi connectivity index (χ4n) is 2.01. The standard InChI is InChI=1S/C17H13N3O5/c21-17(14-7-9-16(25-14)20(22)23)19-13-6-8-15(18-10-13)24-11-12-4-2-1-3-5-12/h1-10H,11H2,(H,19,21). The van der Waals surface area contributed by atoms with Crippen molar-refractivity contribution < 1.29 is 18.9 Å². The summed E-state index contributed by atoms with van der Waals surface area (Å²) in [7, 11) is 0. The highest BCUT2D eigenvalue weighted by molar-refractivity contribution is 6.02. The highest BCUT2D eigenvalue weighted by Crippen LogP contribution is 2.18. The molecule has 126 valence electrons. The van der Waals surface area contributed by atoms with Gasteiger partial charge in [-0.15, -0.1) is 0 Å². The predicted octanol–water partition coefficient (Wildman–Crippen LogP) is 3.41. The van der Waals surface area contributed by atoms with Crippen LogP contribution in [0.1, 0.15) is 16.1 Å². The summed E-state index contributed by atoms with van der Waals surface area (Å²) in [6.07, 6.45) is 1.43. The van der Waals surface area contributed by atoms with Crippen molar-refractivity contribution in [2.24, 2.45) is 0 Å². The van der Waals surface area contributed by atoms with E-state index in [0.717, 1.165) is 11.6 Å². The summed E-state index contributed by atoms with van der Waals surface area (Å²) >= 11 is 0. The molecular weight excluding hydrogens is 326 g/mol. The SMILES string of the molecule is O=C(Nc1ccc(OCc2ccccc2)nc1)c1ccc([N+](=O)[O-])o1. The molecule has 8 nitrogen and oxygen atoms in total. The third kappa shape index (κ3) is 4.20. The maximum Gasteiger partial charge on any atom is 0.433 e. The number of nitrogens with one attached hydrogen (secondary N) is 1. The van der Waals surface area contributed by atoms with Gasteiger partial charge in [-0.1, -0.05) is 30.3 Å². The first-order valence-electron chi connectivity index (χ1n) is 7.30. The molecule has 1 amide bonds. The number of amides is 1. The molecule has 3 aromatic rings. The minimum Gasteiger partial charge on any atom is -0.473 e. The first-order valence-corrected chi connectivity index (χ1v) is 7.30. The molecular formula is C17H13N3O5. The third-order valence-corrected chi connectivity index (χ3v) is 3.22. The number of rotatable bonds is 6. The van der Waals surface area contributed by atoms with Crippen molar-refractivity contribution in [1.29, 1.82) is 0 Å². The Kier molecular flexibility index (Phi) is 4.70. The fraction of sp³-hybridized carbons (Fsp3) is 0.0588. The lowest BCUT2D eigenvalue weighted by Gasteiger charge is -2.06. The Morgan fingerprint density at radius 3 is 2.60 bits per heavy atom. The first-order chi connectivity index (χ1) is 12.1. The zero-order chi connectivity index (χ0) is 17.6. The summed E-state index contributed by atoms with van der Waals surface area (Å²) in [6, 6.07) is 15.2. The van der Waals surface area contributed by atoms with Crippen LogP contribution >= 0.6 is 0 Å². The van der Waals surface area contributed by atoms with Crippen LogP contribution in [0, 0.1) is 10.1 Å². The van der Waals surface area contributed by atoms with Gasteiger partial charge in [0.2, 0.25) is 5.88 Å². The Balaban J connectivity index is 1.58. The van der Waals surface area contributed by atoms with E-state index in [4.69, 9.17) is 9.15 Å². The van der Waals surface area contributed by atoms with Crippen molar-refractivity contribution in [2.45, 2.75) is 6.61 Å². The quantitative estimate of drug-likeness (QED) is 0.544. The van der Waals surface area contributed by atoms with Crippen LogP contribution in [0.5, 0.6) is 5.88 Å². The lowest BCUT2D eigenvalue weighted by Crippen LogP contribution is -2.11. The number of ether oxygens (including phenoxy) is 1. The van der Waals surface area contributed by atoms with Gasteiger partial charge in [-0.3, -0.25) is 14.9 Å². The average molecular weight is 339 g/mol. The van der Waals surface area contributed by atoms with E-state index >= 15 is 0 Å². The Morgan fingerprint density at radius 1 is 1.16 bits per heavy atom. The fourth-order valence-corrected chi connectivity index (χ4v) is 2.01. The number of furan rings is 1. The topological polar surface area (TPSA) is 108 Å². The molecule has 0 saturated carbocycles. The molecule has 2 heterocycles. The zero-order valence-corrected chi connectivity index (χ0v) is 12.9. The molecule has 0 aliphatic heterocycles. The minimum absolute atomic E-state index is 0.156. The van der Waals surface area contributed by atoms with E-state index in [1.54, 1.807) is 12.1 Å². The van der Waals surface area contributed by atoms with Gasteiger partial charge >= 0.3 is 5.88 Å². The van der Waals surface area contributed by atoms with Crippen LogP contribution in [0.4, 0.5) is 11.6 Å². The first kappa shape index (κ1) is 16.2. The highest BCUT2D eigenvalue weighted by Gasteiger charge is 2.17. The van der Waals surface area contributed by atoms with Gasteiger partial charge in [0.05, 0.1) is 18.0 Å². The molecule has 2 aromatic heterocycles. The number of anilines is 1. The monoisotopic (exact) mass is 339 g/mol. The zero-order valence-electron chi connectivity index (χ0n) is 12.9. The van der Waals surface area contributed by atoms with Gasteiger partial charge in [0.25, 0.3) is 5.91 Å². The number of nitrogens with zero attached hydrogens (tertiary/aromatic N) is 2. The number of hydrogen-bond acceptors (Lipinski definition) is 6. The molecule has 8 heteroatoms. The molecule has 0 saturated heterocycles. The molecule has 0 atom stereocenters. The van der Waals surface area contributed by atoms with Crippen LogP contribution in [0.25, 0.3) is 0 Å². The van der Waals surface area contributed by atoms with E-state index in [0.29, 0.717) is 18.2 Å². The third-order valence-electron chi connectivity index (χ3n) is 3.22. The molecule has 0 aliphatic carbocycles. The number of nitro groups is 1. The van der Waals surface area contributed by atoms with Gasteiger partial charge in [-0.2, -0.15) is 0 Å². The van der Waals surface area contributed by atoms with Gasteiger partial charge in [0.1, 0.15) is 11.5 Å². The summed E-state index contributed by atoms with van der Waals surface area (Å²) in [5.74, 6) is -0.840. The van der Waals surface area contributed by atoms with Gasteiger partial charge in [-0.05, 0) is 17.7 Å². The average Bonchev–Trinajstić information content (AvgIpc) is 3.13. The Hall–Kier alpha value is -3.68. The van der Waals surface area contributed by atoms with Gasteiger partial charge in [0.15, 0.2) is 5.76 Å². The number of benzene rings is 1. The Bertz CT molecular complexity index is 875. The number of carbonyl (C=O) groups is 1. The smallest absolute Gasteiger partial charge is 0.433 e. The van der Waals surface area contributed by atoms with Crippen molar-refractivity contribution in [2.75, 3.05) is 5.32 Å². The molecule has 0 fully saturated rings. The Labute approximate surface area is 142 Å². The van der Waals surface area contributed by atoms with Crippen molar-refractivity contribution >= 4 is 17.5 Å². The maximum absolute atomic E-state index is 12.0. The van der Waals surface area contributed by atoms with Gasteiger partial charge in [-0.25, -0.2) is 4.98 Å². The van der Waals surface area contributed by atoms with E-state index in [1.165, 1.54) is 12.3 Å². The molecule has 0 aliphatic rings. The molecule has 1 aromatic carbocycles. The van der Waals surface area contributed by atoms with Crippen molar-refractivity contribution in [1.82, 2.24) is 4.98 Å². The molecule has 0 unspecified atom stereocenters. The van der Waals surface area contributed by atoms with Gasteiger partial charge in [0, 0.05) is 6.07 Å². The van der Waals surface area contributed by atoms with Crippen LogP contribution in [0.2, 0.25) is 0 Å². The van der Waals surface area contributed by atoms with E-state index in [9.17, 15) is 14.9 Å². The number of hydrogen-bond donors (Lipinski definition) is 1. The van der Waals surface area contributed by atoms with E-state index in [-0.39, 0.29) is 5.76 Å². The summed E-state index contributed by atoms with van der Waals surface area (Å²) in [5.41, 5.74) is 1.43. The summed E-state index contributed by atoms with van der Waals surface area (Å²) in [4.78, 5) is 25.9. The molecule has 3 rings (SSSR count). The van der Waals surface area contributed by atoms with E-state index in [2.05, 4.69) is 10.3 Å². The predicted molar refractivity (Wildman–Crippen MR) is 88.3 cm³/mol. The molecule has 0 radical (unpaired) electrons. The minimum atomic E-state index is -0.711. The largest absolute Gasteiger partial charge is 0.473 e. The van der Waals surface area contributed by atoms with Crippen LogP contribution < -0.4 is 10.1 Å². The number of aromatic nitrogens is 1. The van der Waals surface area contributed by atoms with Crippen molar-refractivity contribution in [3.63, 3.8) is 0 Å². The van der Waals surface area contributed by atoms with Crippen molar-refractivity contribution in [3.05, 3.63) is 82.2 Å². The molecule has 25 heavy (non-hydrogen) atoms. The lowest BCUT2D eigenvalue weighted by atomic mass is 10.2. The summed E-state index contributed by atoms with van der Waals surface area (Å²) < 4.78 is 10.4. The van der Waals surface area contributed by atoms with E-state index < -0.39 is 16.7 Å². The Morgan fingerprint density at radius 2 is 1.96 bits per heavy atom. The molecule has 1 N–H and O–H groups in total. The second-order valence-corrected chi connectivity index (χ2v) is 5.01. The van der Waals surface area contributed by atoms with Crippen LogP contribution in [0.15, 0.2) is 65.2 Å². The molecule has 0 bridgehead atoms. The molecule has 0 spiro atoms. The van der Waals surface area contributed by atoms with Gasteiger partial charge < -0.3 is 14.5 Å². The number of carbonyl (C=O) groups excluding carboxylic acids is 1. The van der Waals surface area contributed by atoms with Crippen LogP contribution in [0.3, 0.4) is 0 Å². The van der Waals surface area contributed by atoms with Crippen LogP contribution in [-0.4, -0.2) is 15.8 Å². The second kappa shape index (κ2) is 7.26. The van der Waals surface area contributed by atoms with Crippen LogP contribution in [-0.2, 0) is 6.61 Å². The maximum atomic E-state index is 12.0. The second-order valence-electron chi connectivity index (χ2n) is 5.01. The van der Waals surface area contributed by atoms with Crippen molar-refractivity contribution in [3.8, 4) is 5.88 Å². The summed E-state index contributed by atoms with van der Waals surface area (Å²) in [5, 5.41) is 13.1. The highest BCUT2D eigenvalue weighted by atomic mass is 16.6.